The van der Waals surface area contributed by atoms with Gasteiger partial charge in [-0.25, -0.2) is 14.4 Å². The number of amides is 1. The van der Waals surface area contributed by atoms with Crippen LogP contribution in [0.5, 0.6) is 11.5 Å². The number of hydrogen-bond donors (Lipinski definition) is 1. The highest BCUT2D eigenvalue weighted by Crippen LogP contribution is 2.35. The number of benzene rings is 2. The molecule has 0 fully saturated rings. The van der Waals surface area contributed by atoms with E-state index in [1.165, 1.54) is 28.4 Å². The third kappa shape index (κ3) is 6.56. The molecule has 0 aromatic heterocycles. The summed E-state index contributed by atoms with van der Waals surface area (Å²) in [6, 6.07) is 7.12. The van der Waals surface area contributed by atoms with Crippen LogP contribution in [0.3, 0.4) is 0 Å². The van der Waals surface area contributed by atoms with Gasteiger partial charge in [-0.05, 0) is 79.3 Å². The summed E-state index contributed by atoms with van der Waals surface area (Å²) in [5.41, 5.74) is 4.12. The van der Waals surface area contributed by atoms with Gasteiger partial charge in [0, 0.05) is 6.54 Å². The zero-order valence-electron chi connectivity index (χ0n) is 21.8. The van der Waals surface area contributed by atoms with Gasteiger partial charge < -0.3 is 29.0 Å². The Labute approximate surface area is 211 Å². The fraction of sp³-hybridized carbons (Fsp3) is 0.370. The summed E-state index contributed by atoms with van der Waals surface area (Å²) >= 11 is 0. The minimum atomic E-state index is -0.540. The van der Waals surface area contributed by atoms with Crippen molar-refractivity contribution in [2.24, 2.45) is 0 Å². The molecule has 0 saturated heterocycles. The number of ether oxygens (including phenoxy) is 5. The van der Waals surface area contributed by atoms with Gasteiger partial charge >= 0.3 is 18.0 Å². The molecule has 36 heavy (non-hydrogen) atoms. The van der Waals surface area contributed by atoms with Crippen LogP contribution in [-0.4, -0.2) is 59.6 Å². The average Bonchev–Trinajstić information content (AvgIpc) is 2.86. The predicted octanol–water partition coefficient (Wildman–Crippen LogP) is 4.46. The van der Waals surface area contributed by atoms with Crippen molar-refractivity contribution >= 4 is 23.6 Å². The van der Waals surface area contributed by atoms with E-state index in [9.17, 15) is 14.4 Å². The standard InChI is InChI=1S/C27H33NO8/c1-8-36-27(31)28-11-9-10-20(18-12-16(2)23(32-4)21(14-18)25(29)34-6)19-13-17(3)24(33-5)22(15-19)26(30)35-7/h10,12-15H,8-9,11H2,1-7H3,(H,28,31). The van der Waals surface area contributed by atoms with Gasteiger partial charge in [0.15, 0.2) is 0 Å². The lowest BCUT2D eigenvalue weighted by Gasteiger charge is -2.18. The molecule has 0 atom stereocenters. The van der Waals surface area contributed by atoms with Crippen molar-refractivity contribution in [1.29, 1.82) is 0 Å². The molecular weight excluding hydrogens is 466 g/mol. The van der Waals surface area contributed by atoms with Crippen LogP contribution < -0.4 is 14.8 Å². The summed E-state index contributed by atoms with van der Waals surface area (Å²) < 4.78 is 25.7. The Morgan fingerprint density at radius 3 is 1.67 bits per heavy atom. The Balaban J connectivity index is 2.69. The second-order valence-corrected chi connectivity index (χ2v) is 7.78. The van der Waals surface area contributed by atoms with Crippen LogP contribution >= 0.6 is 0 Å². The maximum Gasteiger partial charge on any atom is 0.407 e. The molecule has 0 heterocycles. The van der Waals surface area contributed by atoms with Crippen molar-refractivity contribution < 1.29 is 38.1 Å². The molecule has 0 unspecified atom stereocenters. The number of carbonyl (C=O) groups is 3. The summed E-state index contributed by atoms with van der Waals surface area (Å²) in [4.78, 5) is 36.7. The lowest BCUT2D eigenvalue weighted by atomic mass is 9.91. The fourth-order valence-corrected chi connectivity index (χ4v) is 3.90. The number of esters is 2. The Hall–Kier alpha value is -4.01. The second kappa shape index (κ2) is 13.2. The molecule has 0 saturated carbocycles. The van der Waals surface area contributed by atoms with Crippen molar-refractivity contribution in [2.75, 3.05) is 41.6 Å². The van der Waals surface area contributed by atoms with Crippen LogP contribution in [0.4, 0.5) is 4.79 Å². The summed E-state index contributed by atoms with van der Waals surface area (Å²) in [6.07, 6.45) is 1.86. The Morgan fingerprint density at radius 2 is 1.28 bits per heavy atom. The number of methoxy groups -OCH3 is 4. The largest absolute Gasteiger partial charge is 0.496 e. The molecule has 9 heteroatoms. The van der Waals surface area contributed by atoms with Gasteiger partial charge in [0.25, 0.3) is 0 Å². The van der Waals surface area contributed by atoms with E-state index in [0.717, 1.165) is 16.7 Å². The Morgan fingerprint density at radius 1 is 0.806 bits per heavy atom. The summed E-state index contributed by atoms with van der Waals surface area (Å²) in [5.74, 6) is -0.257. The highest BCUT2D eigenvalue weighted by atomic mass is 16.5. The van der Waals surface area contributed by atoms with Gasteiger partial charge in [0.05, 0.1) is 35.0 Å². The van der Waals surface area contributed by atoms with E-state index in [2.05, 4.69) is 5.32 Å². The third-order valence-electron chi connectivity index (χ3n) is 5.43. The van der Waals surface area contributed by atoms with Gasteiger partial charge in [0.2, 0.25) is 0 Å². The zero-order chi connectivity index (χ0) is 26.8. The fourth-order valence-electron chi connectivity index (χ4n) is 3.90. The second-order valence-electron chi connectivity index (χ2n) is 7.78. The summed E-state index contributed by atoms with van der Waals surface area (Å²) in [6.45, 7) is 5.98. The lowest BCUT2D eigenvalue weighted by Crippen LogP contribution is -2.24. The molecule has 0 aliphatic heterocycles. The van der Waals surface area contributed by atoms with Gasteiger partial charge in [-0.2, -0.15) is 0 Å². The first-order chi connectivity index (χ1) is 17.2. The van der Waals surface area contributed by atoms with Crippen molar-refractivity contribution in [2.45, 2.75) is 27.2 Å². The van der Waals surface area contributed by atoms with Crippen LogP contribution in [-0.2, 0) is 14.2 Å². The average molecular weight is 500 g/mol. The van der Waals surface area contributed by atoms with Gasteiger partial charge in [0.1, 0.15) is 22.6 Å². The number of hydrogen-bond acceptors (Lipinski definition) is 8. The molecule has 0 aliphatic rings. The van der Waals surface area contributed by atoms with Crippen LogP contribution in [0.2, 0.25) is 0 Å². The van der Waals surface area contributed by atoms with E-state index in [1.807, 2.05) is 32.1 Å². The van der Waals surface area contributed by atoms with Gasteiger partial charge in [-0.3, -0.25) is 0 Å². The number of carbonyl (C=O) groups excluding carboxylic acids is 3. The molecule has 0 bridgehead atoms. The Kier molecular flexibility index (Phi) is 10.3. The van der Waals surface area contributed by atoms with E-state index < -0.39 is 18.0 Å². The monoisotopic (exact) mass is 499 g/mol. The minimum absolute atomic E-state index is 0.268. The molecule has 2 aromatic carbocycles. The van der Waals surface area contributed by atoms with Crippen LogP contribution in [0.25, 0.3) is 5.57 Å². The highest BCUT2D eigenvalue weighted by Gasteiger charge is 2.21. The maximum atomic E-state index is 12.5. The van der Waals surface area contributed by atoms with Crippen LogP contribution in [0.1, 0.15) is 56.3 Å². The minimum Gasteiger partial charge on any atom is -0.496 e. The molecular formula is C27H33NO8. The molecule has 0 radical (unpaired) electrons. The van der Waals surface area contributed by atoms with Crippen molar-refractivity contribution in [1.82, 2.24) is 5.32 Å². The van der Waals surface area contributed by atoms with E-state index in [0.29, 0.717) is 35.6 Å². The van der Waals surface area contributed by atoms with Crippen molar-refractivity contribution in [3.63, 3.8) is 0 Å². The van der Waals surface area contributed by atoms with Crippen molar-refractivity contribution in [3.8, 4) is 11.5 Å². The van der Waals surface area contributed by atoms with Crippen LogP contribution in [0.15, 0.2) is 30.3 Å². The van der Waals surface area contributed by atoms with Crippen molar-refractivity contribution in [3.05, 3.63) is 63.7 Å². The van der Waals surface area contributed by atoms with Crippen LogP contribution in [0, 0.1) is 13.8 Å². The SMILES string of the molecule is CCOC(=O)NCCC=C(c1cc(C)c(OC)c(C(=O)OC)c1)c1cc(C)c(OC)c(C(=O)OC)c1. The number of aryl methyl sites for hydroxylation is 2. The quantitative estimate of drug-likeness (QED) is 0.290. The molecule has 194 valence electrons. The molecule has 1 amide bonds. The summed E-state index contributed by atoms with van der Waals surface area (Å²) in [7, 11) is 5.58. The van der Waals surface area contributed by atoms with Gasteiger partial charge in [-0.1, -0.05) is 6.08 Å². The van der Waals surface area contributed by atoms with E-state index in [-0.39, 0.29) is 17.7 Å². The first kappa shape index (κ1) is 28.2. The summed E-state index contributed by atoms with van der Waals surface area (Å²) in [5, 5.41) is 2.68. The third-order valence-corrected chi connectivity index (χ3v) is 5.43. The lowest BCUT2D eigenvalue weighted by molar-refractivity contribution is 0.0588. The first-order valence-electron chi connectivity index (χ1n) is 11.4. The number of rotatable bonds is 10. The van der Waals surface area contributed by atoms with E-state index in [1.54, 1.807) is 19.1 Å². The topological polar surface area (TPSA) is 109 Å². The van der Waals surface area contributed by atoms with E-state index in [4.69, 9.17) is 23.7 Å². The molecule has 2 rings (SSSR count). The molecule has 9 nitrogen and oxygen atoms in total. The predicted molar refractivity (Wildman–Crippen MR) is 135 cm³/mol. The molecule has 0 aliphatic carbocycles. The highest BCUT2D eigenvalue weighted by molar-refractivity contribution is 5.97. The normalized spacial score (nSPS) is 10.2. The van der Waals surface area contributed by atoms with Gasteiger partial charge in [-0.15, -0.1) is 0 Å². The molecule has 2 aromatic rings. The molecule has 1 N–H and O–H groups in total. The first-order valence-corrected chi connectivity index (χ1v) is 11.4. The number of alkyl carbamates (subject to hydrolysis) is 1. The maximum absolute atomic E-state index is 12.5. The zero-order valence-corrected chi connectivity index (χ0v) is 21.8. The Bertz CT molecular complexity index is 1080. The smallest absolute Gasteiger partial charge is 0.407 e. The number of nitrogens with one attached hydrogen (secondary N) is 1. The van der Waals surface area contributed by atoms with E-state index >= 15 is 0 Å². The molecule has 0 spiro atoms.